The molecule has 2 N–H and O–H groups in total. The lowest BCUT2D eigenvalue weighted by molar-refractivity contribution is -0.0117. The van der Waals surface area contributed by atoms with E-state index >= 15 is 0 Å². The van der Waals surface area contributed by atoms with Gasteiger partial charge in [0.05, 0.1) is 11.8 Å². The van der Waals surface area contributed by atoms with E-state index in [0.717, 1.165) is 23.9 Å². The molecule has 0 aliphatic carbocycles. The molecule has 1 unspecified atom stereocenters. The van der Waals surface area contributed by atoms with Gasteiger partial charge in [0.1, 0.15) is 6.61 Å². The maximum absolute atomic E-state index is 5.78. The van der Waals surface area contributed by atoms with Gasteiger partial charge in [-0.3, -0.25) is 0 Å². The molecule has 0 saturated carbocycles. The number of rotatable bonds is 3. The molecular formula is C11H15BrN2O2. The zero-order valence-corrected chi connectivity index (χ0v) is 10.6. The van der Waals surface area contributed by atoms with Gasteiger partial charge >= 0.3 is 0 Å². The summed E-state index contributed by atoms with van der Waals surface area (Å²) in [6.45, 7) is 1.36. The first-order valence-corrected chi connectivity index (χ1v) is 6.20. The third kappa shape index (κ3) is 3.09. The molecule has 1 fully saturated rings. The van der Waals surface area contributed by atoms with E-state index in [2.05, 4.69) is 20.9 Å². The van der Waals surface area contributed by atoms with E-state index in [9.17, 15) is 0 Å². The molecule has 1 aromatic heterocycles. The van der Waals surface area contributed by atoms with Crippen LogP contribution in [0.2, 0.25) is 0 Å². The summed E-state index contributed by atoms with van der Waals surface area (Å²) in [5.41, 5.74) is 6.33. The molecule has 16 heavy (non-hydrogen) atoms. The predicted octanol–water partition coefficient (Wildman–Crippen LogP) is 2.37. The summed E-state index contributed by atoms with van der Waals surface area (Å²) in [5, 5.41) is 0. The fourth-order valence-corrected chi connectivity index (χ4v) is 2.02. The molecule has 0 radical (unpaired) electrons. The number of nitrogen functional groups attached to an aromatic ring is 1. The van der Waals surface area contributed by atoms with Crippen LogP contribution in [0.4, 0.5) is 5.69 Å². The van der Waals surface area contributed by atoms with Crippen LogP contribution in [0, 0.1) is 0 Å². The Labute approximate surface area is 103 Å². The Morgan fingerprint density at radius 1 is 1.56 bits per heavy atom. The van der Waals surface area contributed by atoms with Crippen LogP contribution in [0.5, 0.6) is 5.88 Å². The Morgan fingerprint density at radius 3 is 3.12 bits per heavy atom. The molecule has 88 valence electrons. The van der Waals surface area contributed by atoms with Crippen molar-refractivity contribution in [2.45, 2.75) is 25.4 Å². The Hall–Kier alpha value is -0.810. The molecule has 1 atom stereocenters. The summed E-state index contributed by atoms with van der Waals surface area (Å²) < 4.78 is 12.0. The second-order valence-corrected chi connectivity index (χ2v) is 4.76. The lowest BCUT2D eigenvalue weighted by Gasteiger charge is -2.22. The zero-order valence-electron chi connectivity index (χ0n) is 8.99. The Morgan fingerprint density at radius 2 is 2.44 bits per heavy atom. The Bertz CT molecular complexity index is 354. The van der Waals surface area contributed by atoms with E-state index in [1.54, 1.807) is 12.3 Å². The van der Waals surface area contributed by atoms with E-state index in [1.807, 2.05) is 0 Å². The zero-order chi connectivity index (χ0) is 11.4. The minimum atomic E-state index is 0.179. The van der Waals surface area contributed by atoms with Crippen LogP contribution in [0.15, 0.2) is 16.7 Å². The minimum Gasteiger partial charge on any atom is -0.473 e. The van der Waals surface area contributed by atoms with Crippen molar-refractivity contribution >= 4 is 21.6 Å². The monoisotopic (exact) mass is 286 g/mol. The summed E-state index contributed by atoms with van der Waals surface area (Å²) >= 11 is 3.30. The van der Waals surface area contributed by atoms with E-state index in [4.69, 9.17) is 15.2 Å². The highest BCUT2D eigenvalue weighted by atomic mass is 79.9. The van der Waals surface area contributed by atoms with Crippen LogP contribution in [-0.2, 0) is 4.74 Å². The largest absolute Gasteiger partial charge is 0.473 e. The summed E-state index contributed by atoms with van der Waals surface area (Å²) in [6, 6.07) is 1.78. The average molecular weight is 287 g/mol. The number of nitrogens with zero attached hydrogens (tertiary/aromatic N) is 1. The van der Waals surface area contributed by atoms with Crippen LogP contribution in [-0.4, -0.2) is 24.3 Å². The van der Waals surface area contributed by atoms with Crippen LogP contribution in [0.3, 0.4) is 0 Å². The smallest absolute Gasteiger partial charge is 0.237 e. The molecule has 0 spiro atoms. The predicted molar refractivity (Wildman–Crippen MR) is 65.4 cm³/mol. The number of halogens is 1. The summed E-state index contributed by atoms with van der Waals surface area (Å²) in [6.07, 6.45) is 5.26. The molecule has 0 bridgehead atoms. The standard InChI is InChI=1S/C11H15BrN2O2/c12-8-5-10(13)11(14-6-8)16-7-9-3-1-2-4-15-9/h5-6,9H,1-4,7,13H2. The van der Waals surface area contributed by atoms with E-state index in [0.29, 0.717) is 18.2 Å². The molecule has 4 nitrogen and oxygen atoms in total. The van der Waals surface area contributed by atoms with Gasteiger partial charge in [-0.15, -0.1) is 0 Å². The number of hydrogen-bond donors (Lipinski definition) is 1. The number of ether oxygens (including phenoxy) is 2. The van der Waals surface area contributed by atoms with E-state index < -0.39 is 0 Å². The molecular weight excluding hydrogens is 272 g/mol. The van der Waals surface area contributed by atoms with Crippen molar-refractivity contribution in [3.05, 3.63) is 16.7 Å². The summed E-state index contributed by atoms with van der Waals surface area (Å²) in [7, 11) is 0. The molecule has 1 saturated heterocycles. The van der Waals surface area contributed by atoms with Gasteiger partial charge < -0.3 is 15.2 Å². The van der Waals surface area contributed by atoms with Gasteiger partial charge in [-0.2, -0.15) is 0 Å². The molecule has 2 heterocycles. The van der Waals surface area contributed by atoms with Crippen molar-refractivity contribution < 1.29 is 9.47 Å². The Kier molecular flexibility index (Phi) is 4.01. The van der Waals surface area contributed by atoms with Crippen molar-refractivity contribution in [2.75, 3.05) is 18.9 Å². The molecule has 0 amide bonds. The van der Waals surface area contributed by atoms with Crippen LogP contribution < -0.4 is 10.5 Å². The number of nitrogens with two attached hydrogens (primary N) is 1. The van der Waals surface area contributed by atoms with Crippen LogP contribution >= 0.6 is 15.9 Å². The third-order valence-electron chi connectivity index (χ3n) is 2.53. The van der Waals surface area contributed by atoms with Crippen molar-refractivity contribution in [3.63, 3.8) is 0 Å². The molecule has 5 heteroatoms. The highest BCUT2D eigenvalue weighted by Gasteiger charge is 2.15. The van der Waals surface area contributed by atoms with Gasteiger partial charge in [-0.1, -0.05) is 0 Å². The molecule has 0 aromatic carbocycles. The molecule has 1 aromatic rings. The van der Waals surface area contributed by atoms with E-state index in [1.165, 1.54) is 6.42 Å². The first-order chi connectivity index (χ1) is 7.75. The van der Waals surface area contributed by atoms with Gasteiger partial charge in [-0.25, -0.2) is 4.98 Å². The fraction of sp³-hybridized carbons (Fsp3) is 0.545. The highest BCUT2D eigenvalue weighted by molar-refractivity contribution is 9.10. The summed E-state index contributed by atoms with van der Waals surface area (Å²) in [5.74, 6) is 0.484. The van der Waals surface area contributed by atoms with Gasteiger partial charge in [0, 0.05) is 17.3 Å². The number of pyridine rings is 1. The fourth-order valence-electron chi connectivity index (χ4n) is 1.67. The van der Waals surface area contributed by atoms with E-state index in [-0.39, 0.29) is 6.10 Å². The van der Waals surface area contributed by atoms with Crippen molar-refractivity contribution in [1.82, 2.24) is 4.98 Å². The number of anilines is 1. The van der Waals surface area contributed by atoms with Crippen molar-refractivity contribution in [1.29, 1.82) is 0 Å². The first-order valence-electron chi connectivity index (χ1n) is 5.41. The maximum atomic E-state index is 5.78. The lowest BCUT2D eigenvalue weighted by Crippen LogP contribution is -2.26. The summed E-state index contributed by atoms with van der Waals surface area (Å²) in [4.78, 5) is 4.11. The minimum absolute atomic E-state index is 0.179. The number of hydrogen-bond acceptors (Lipinski definition) is 4. The van der Waals surface area contributed by atoms with Crippen LogP contribution in [0.25, 0.3) is 0 Å². The SMILES string of the molecule is Nc1cc(Br)cnc1OCC1CCCCO1. The van der Waals surface area contributed by atoms with Gasteiger partial charge in [-0.05, 0) is 41.3 Å². The highest BCUT2D eigenvalue weighted by Crippen LogP contribution is 2.23. The lowest BCUT2D eigenvalue weighted by atomic mass is 10.1. The van der Waals surface area contributed by atoms with Crippen molar-refractivity contribution in [3.8, 4) is 5.88 Å². The molecule has 1 aliphatic heterocycles. The van der Waals surface area contributed by atoms with Crippen molar-refractivity contribution in [2.24, 2.45) is 0 Å². The van der Waals surface area contributed by atoms with Gasteiger partial charge in [0.25, 0.3) is 0 Å². The average Bonchev–Trinajstić information content (AvgIpc) is 2.29. The first kappa shape index (κ1) is 11.7. The Balaban J connectivity index is 1.88. The maximum Gasteiger partial charge on any atom is 0.237 e. The van der Waals surface area contributed by atoms with Gasteiger partial charge in [0.2, 0.25) is 5.88 Å². The third-order valence-corrected chi connectivity index (χ3v) is 2.96. The quantitative estimate of drug-likeness (QED) is 0.927. The normalized spacial score (nSPS) is 20.7. The number of aromatic nitrogens is 1. The second kappa shape index (κ2) is 5.50. The molecule has 1 aliphatic rings. The second-order valence-electron chi connectivity index (χ2n) is 3.85. The topological polar surface area (TPSA) is 57.4 Å². The van der Waals surface area contributed by atoms with Gasteiger partial charge in [0.15, 0.2) is 0 Å². The van der Waals surface area contributed by atoms with Crippen LogP contribution in [0.1, 0.15) is 19.3 Å². The molecule has 2 rings (SSSR count).